The Morgan fingerprint density at radius 3 is 2.61 bits per heavy atom. The molecular weight excluding hydrogens is 372 g/mol. The van der Waals surface area contributed by atoms with E-state index in [0.717, 1.165) is 54.8 Å². The fourth-order valence-electron chi connectivity index (χ4n) is 3.41. The summed E-state index contributed by atoms with van der Waals surface area (Å²) in [4.78, 5) is 14.5. The highest BCUT2D eigenvalue weighted by molar-refractivity contribution is 7.99. The Balaban J connectivity index is 1.60. The van der Waals surface area contributed by atoms with Crippen LogP contribution in [0.25, 0.3) is 0 Å². The fraction of sp³-hybridized carbons (Fsp3) is 0.571. The zero-order valence-corrected chi connectivity index (χ0v) is 17.9. The van der Waals surface area contributed by atoms with Gasteiger partial charge in [0.1, 0.15) is 12.4 Å². The summed E-state index contributed by atoms with van der Waals surface area (Å²) >= 11 is 1.47. The third-order valence-corrected chi connectivity index (χ3v) is 6.26. The van der Waals surface area contributed by atoms with Crippen LogP contribution < -0.4 is 4.74 Å². The average molecular weight is 403 g/mol. The standard InChI is InChI=1S/C21H30N4O2S/c1-4-25-19(14-27-18-11-9-10-16(2)17(18)3)22-23-21(25)28-15-20(26)24-12-7-5-6-8-13-24/h9-11H,4-8,12-15H2,1-3H3. The second kappa shape index (κ2) is 9.96. The summed E-state index contributed by atoms with van der Waals surface area (Å²) in [6, 6.07) is 6.05. The van der Waals surface area contributed by atoms with Gasteiger partial charge in [0.05, 0.1) is 5.75 Å². The van der Waals surface area contributed by atoms with E-state index in [2.05, 4.69) is 37.0 Å². The Morgan fingerprint density at radius 2 is 1.89 bits per heavy atom. The molecule has 0 N–H and O–H groups in total. The van der Waals surface area contributed by atoms with Crippen LogP contribution in [0.3, 0.4) is 0 Å². The average Bonchev–Trinajstić information content (AvgIpc) is 2.89. The predicted molar refractivity (Wildman–Crippen MR) is 112 cm³/mol. The number of ether oxygens (including phenoxy) is 1. The smallest absolute Gasteiger partial charge is 0.233 e. The highest BCUT2D eigenvalue weighted by Crippen LogP contribution is 2.23. The molecule has 3 rings (SSSR count). The van der Waals surface area contributed by atoms with E-state index >= 15 is 0 Å². The molecular formula is C21H30N4O2S. The van der Waals surface area contributed by atoms with Gasteiger partial charge in [-0.05, 0) is 50.8 Å². The molecule has 0 bridgehead atoms. The number of aromatic nitrogens is 3. The van der Waals surface area contributed by atoms with E-state index in [1.807, 2.05) is 21.6 Å². The minimum Gasteiger partial charge on any atom is -0.485 e. The predicted octanol–water partition coefficient (Wildman–Crippen LogP) is 3.99. The molecule has 7 heteroatoms. The molecule has 1 fully saturated rings. The number of benzene rings is 1. The summed E-state index contributed by atoms with van der Waals surface area (Å²) in [7, 11) is 0. The van der Waals surface area contributed by atoms with Crippen LogP contribution >= 0.6 is 11.8 Å². The molecule has 6 nitrogen and oxygen atoms in total. The van der Waals surface area contributed by atoms with E-state index in [9.17, 15) is 4.79 Å². The number of amides is 1. The first-order chi connectivity index (χ1) is 13.6. The van der Waals surface area contributed by atoms with Gasteiger partial charge in [0.25, 0.3) is 0 Å². The first kappa shape index (κ1) is 20.7. The van der Waals surface area contributed by atoms with Crippen LogP contribution in [0.4, 0.5) is 0 Å². The van der Waals surface area contributed by atoms with Crippen molar-refractivity contribution in [2.45, 2.75) is 64.8 Å². The molecule has 1 aromatic carbocycles. The quantitative estimate of drug-likeness (QED) is 0.656. The lowest BCUT2D eigenvalue weighted by Crippen LogP contribution is -2.33. The normalized spacial score (nSPS) is 14.8. The molecule has 0 saturated carbocycles. The molecule has 1 amide bonds. The van der Waals surface area contributed by atoms with E-state index in [1.54, 1.807) is 0 Å². The van der Waals surface area contributed by atoms with Gasteiger partial charge >= 0.3 is 0 Å². The summed E-state index contributed by atoms with van der Waals surface area (Å²) in [6.45, 7) is 9.08. The van der Waals surface area contributed by atoms with Gasteiger partial charge in [-0.1, -0.05) is 36.7 Å². The van der Waals surface area contributed by atoms with E-state index in [-0.39, 0.29) is 5.91 Å². The maximum Gasteiger partial charge on any atom is 0.233 e. The van der Waals surface area contributed by atoms with Gasteiger partial charge in [0.15, 0.2) is 11.0 Å². The van der Waals surface area contributed by atoms with E-state index < -0.39 is 0 Å². The van der Waals surface area contributed by atoms with E-state index in [4.69, 9.17) is 4.74 Å². The highest BCUT2D eigenvalue weighted by atomic mass is 32.2. The molecule has 152 valence electrons. The molecule has 0 radical (unpaired) electrons. The molecule has 28 heavy (non-hydrogen) atoms. The van der Waals surface area contributed by atoms with Gasteiger partial charge in [-0.2, -0.15) is 0 Å². The summed E-state index contributed by atoms with van der Waals surface area (Å²) < 4.78 is 8.02. The van der Waals surface area contributed by atoms with Gasteiger partial charge in [-0.15, -0.1) is 10.2 Å². The molecule has 1 aliphatic rings. The molecule has 0 spiro atoms. The van der Waals surface area contributed by atoms with Gasteiger partial charge in [-0.25, -0.2) is 0 Å². The third kappa shape index (κ3) is 5.07. The number of carbonyl (C=O) groups excluding carboxylic acids is 1. The first-order valence-corrected chi connectivity index (χ1v) is 11.1. The van der Waals surface area contributed by atoms with Crippen molar-refractivity contribution in [2.24, 2.45) is 0 Å². The van der Waals surface area contributed by atoms with Crippen molar-refractivity contribution in [3.8, 4) is 5.75 Å². The zero-order valence-electron chi connectivity index (χ0n) is 17.1. The van der Waals surface area contributed by atoms with Crippen molar-refractivity contribution in [1.29, 1.82) is 0 Å². The Labute approximate surface area is 171 Å². The lowest BCUT2D eigenvalue weighted by molar-refractivity contribution is -0.128. The number of rotatable bonds is 7. The molecule has 1 aliphatic heterocycles. The summed E-state index contributed by atoms with van der Waals surface area (Å²) in [5, 5.41) is 9.38. The first-order valence-electron chi connectivity index (χ1n) is 10.1. The van der Waals surface area contributed by atoms with Crippen molar-refractivity contribution >= 4 is 17.7 Å². The Morgan fingerprint density at radius 1 is 1.14 bits per heavy atom. The van der Waals surface area contributed by atoms with E-state index in [1.165, 1.54) is 30.2 Å². The van der Waals surface area contributed by atoms with Crippen LogP contribution in [0, 0.1) is 13.8 Å². The van der Waals surface area contributed by atoms with Gasteiger partial charge in [-0.3, -0.25) is 4.79 Å². The monoisotopic (exact) mass is 402 g/mol. The van der Waals surface area contributed by atoms with Crippen molar-refractivity contribution in [3.05, 3.63) is 35.2 Å². The summed E-state index contributed by atoms with van der Waals surface area (Å²) in [6.07, 6.45) is 4.68. The molecule has 0 aliphatic carbocycles. The number of thioether (sulfide) groups is 1. The number of hydrogen-bond donors (Lipinski definition) is 0. The topological polar surface area (TPSA) is 60.2 Å². The summed E-state index contributed by atoms with van der Waals surface area (Å²) in [5.41, 5.74) is 2.35. The van der Waals surface area contributed by atoms with Crippen LogP contribution in [0.15, 0.2) is 23.4 Å². The molecule has 2 aromatic rings. The minimum absolute atomic E-state index is 0.200. The molecule has 0 atom stereocenters. The van der Waals surface area contributed by atoms with Crippen molar-refractivity contribution in [3.63, 3.8) is 0 Å². The van der Waals surface area contributed by atoms with Crippen LogP contribution in [-0.4, -0.2) is 44.4 Å². The lowest BCUT2D eigenvalue weighted by Gasteiger charge is -2.19. The number of likely N-dealkylation sites (tertiary alicyclic amines) is 1. The zero-order chi connectivity index (χ0) is 19.9. The van der Waals surface area contributed by atoms with Crippen LogP contribution in [-0.2, 0) is 17.9 Å². The summed E-state index contributed by atoms with van der Waals surface area (Å²) in [5.74, 6) is 2.27. The minimum atomic E-state index is 0.200. The second-order valence-electron chi connectivity index (χ2n) is 7.21. The molecule has 1 aromatic heterocycles. The third-order valence-electron chi connectivity index (χ3n) is 5.30. The van der Waals surface area contributed by atoms with Crippen molar-refractivity contribution in [2.75, 3.05) is 18.8 Å². The SMILES string of the molecule is CCn1c(COc2cccc(C)c2C)nnc1SCC(=O)N1CCCCCC1. The largest absolute Gasteiger partial charge is 0.485 e. The number of aryl methyl sites for hydroxylation is 1. The van der Waals surface area contributed by atoms with Gasteiger partial charge < -0.3 is 14.2 Å². The Bertz CT molecular complexity index is 798. The maximum absolute atomic E-state index is 12.5. The second-order valence-corrected chi connectivity index (χ2v) is 8.16. The molecule has 1 saturated heterocycles. The Hall–Kier alpha value is -2.02. The maximum atomic E-state index is 12.5. The van der Waals surface area contributed by atoms with Crippen LogP contribution in [0.2, 0.25) is 0 Å². The number of nitrogens with zero attached hydrogens (tertiary/aromatic N) is 4. The number of hydrogen-bond acceptors (Lipinski definition) is 5. The fourth-order valence-corrected chi connectivity index (χ4v) is 4.33. The van der Waals surface area contributed by atoms with E-state index in [0.29, 0.717) is 12.4 Å². The molecule has 2 heterocycles. The van der Waals surface area contributed by atoms with Gasteiger partial charge in [0, 0.05) is 19.6 Å². The highest BCUT2D eigenvalue weighted by Gasteiger charge is 2.18. The van der Waals surface area contributed by atoms with Crippen molar-refractivity contribution in [1.82, 2.24) is 19.7 Å². The van der Waals surface area contributed by atoms with Crippen LogP contribution in [0.1, 0.15) is 49.6 Å². The van der Waals surface area contributed by atoms with Crippen LogP contribution in [0.5, 0.6) is 5.75 Å². The number of carbonyl (C=O) groups is 1. The lowest BCUT2D eigenvalue weighted by atomic mass is 10.1. The van der Waals surface area contributed by atoms with Crippen molar-refractivity contribution < 1.29 is 9.53 Å². The Kier molecular flexibility index (Phi) is 7.36. The van der Waals surface area contributed by atoms with Gasteiger partial charge in [0.2, 0.25) is 5.91 Å². The molecule has 0 unspecified atom stereocenters.